The molecule has 0 aromatic carbocycles. The third-order valence-corrected chi connectivity index (χ3v) is 8.15. The Bertz CT molecular complexity index is 780. The number of allylic oxidation sites excluding steroid dienone is 4. The molecule has 6 atom stereocenters. The number of hydrogen-bond acceptors (Lipinski definition) is 5. The van der Waals surface area contributed by atoms with Gasteiger partial charge in [0, 0.05) is 30.3 Å². The highest BCUT2D eigenvalue weighted by Gasteiger charge is 2.68. The van der Waals surface area contributed by atoms with Crippen LogP contribution >= 0.6 is 0 Å². The molecule has 0 saturated heterocycles. The molecule has 4 rings (SSSR count). The molecule has 0 aromatic heterocycles. The number of carbonyl (C=O) groups excluding carboxylic acids is 3. The zero-order valence-electron chi connectivity index (χ0n) is 16.3. The number of carbonyl (C=O) groups is 3. The van der Waals surface area contributed by atoms with Crippen molar-refractivity contribution in [1.29, 1.82) is 0 Å². The topological polar surface area (TPSA) is 80.7 Å². The van der Waals surface area contributed by atoms with E-state index in [4.69, 9.17) is 4.74 Å². The summed E-state index contributed by atoms with van der Waals surface area (Å²) in [5.74, 6) is -0.145. The first-order valence-corrected chi connectivity index (χ1v) is 9.89. The molecule has 0 unspecified atom stereocenters. The van der Waals surface area contributed by atoms with Crippen molar-refractivity contribution < 1.29 is 24.2 Å². The Hall–Kier alpha value is -1.59. The van der Waals surface area contributed by atoms with Crippen molar-refractivity contribution in [1.82, 2.24) is 0 Å². The number of hydrogen-bond donors (Lipinski definition) is 1. The van der Waals surface area contributed by atoms with Crippen molar-refractivity contribution in [3.05, 3.63) is 23.8 Å². The predicted octanol–water partition coefficient (Wildman–Crippen LogP) is 2.42. The molecule has 0 spiro atoms. The van der Waals surface area contributed by atoms with Crippen molar-refractivity contribution in [2.45, 2.75) is 51.6 Å². The van der Waals surface area contributed by atoms with E-state index in [1.54, 1.807) is 12.2 Å². The van der Waals surface area contributed by atoms with Crippen LogP contribution in [-0.2, 0) is 19.1 Å². The van der Waals surface area contributed by atoms with Gasteiger partial charge in [0.05, 0.1) is 0 Å². The largest absolute Gasteiger partial charge is 0.381 e. The second kappa shape index (κ2) is 5.95. The quantitative estimate of drug-likeness (QED) is 0.823. The van der Waals surface area contributed by atoms with Gasteiger partial charge in [-0.05, 0) is 49.7 Å². The van der Waals surface area contributed by atoms with Gasteiger partial charge in [0.25, 0.3) is 0 Å². The first-order valence-electron chi connectivity index (χ1n) is 9.89. The first kappa shape index (κ1) is 18.8. The highest BCUT2D eigenvalue weighted by Crippen LogP contribution is 2.66. The molecular formula is C22H28O5. The Morgan fingerprint density at radius 3 is 2.74 bits per heavy atom. The van der Waals surface area contributed by atoms with Crippen LogP contribution in [0.2, 0.25) is 0 Å². The molecule has 3 saturated carbocycles. The summed E-state index contributed by atoms with van der Waals surface area (Å²) in [5, 5.41) is 11.3. The van der Waals surface area contributed by atoms with E-state index in [1.807, 2.05) is 13.0 Å². The van der Waals surface area contributed by atoms with Crippen LogP contribution in [0, 0.1) is 28.6 Å². The highest BCUT2D eigenvalue weighted by molar-refractivity contribution is 6.02. The molecule has 0 heterocycles. The van der Waals surface area contributed by atoms with E-state index >= 15 is 0 Å². The number of aliphatic hydroxyl groups is 1. The lowest BCUT2D eigenvalue weighted by Gasteiger charge is -2.56. The second-order valence-corrected chi connectivity index (χ2v) is 9.29. The number of fused-ring (bicyclic) bond motifs is 5. The van der Waals surface area contributed by atoms with Gasteiger partial charge in [-0.25, -0.2) is 0 Å². The number of ether oxygens (including phenoxy) is 1. The molecule has 0 bridgehead atoms. The van der Waals surface area contributed by atoms with E-state index in [0.717, 1.165) is 24.8 Å². The summed E-state index contributed by atoms with van der Waals surface area (Å²) < 4.78 is 4.99. The summed E-state index contributed by atoms with van der Waals surface area (Å²) in [6, 6.07) is 0. The SMILES string of the molecule is COCC(=O)[C@@]1(O)CC[C@H]2[C@@H]3CCC4=CC(=O)C=C[C@]4(C)[C@H]3C(=O)C[C@@]21C. The zero-order valence-corrected chi connectivity index (χ0v) is 16.3. The molecule has 0 aromatic rings. The molecule has 5 heteroatoms. The molecule has 1 N–H and O–H groups in total. The van der Waals surface area contributed by atoms with Crippen LogP contribution in [0.3, 0.4) is 0 Å². The second-order valence-electron chi connectivity index (χ2n) is 9.29. The summed E-state index contributed by atoms with van der Waals surface area (Å²) in [6.07, 6.45) is 8.15. The third kappa shape index (κ3) is 2.34. The number of Topliss-reactive ketones (excluding diaryl/α,β-unsaturated/α-hetero) is 2. The Balaban J connectivity index is 1.73. The number of ketones is 3. The van der Waals surface area contributed by atoms with Gasteiger partial charge in [0.1, 0.15) is 18.0 Å². The average Bonchev–Trinajstić information content (AvgIpc) is 2.87. The van der Waals surface area contributed by atoms with E-state index < -0.39 is 16.4 Å². The maximum Gasteiger partial charge on any atom is 0.190 e. The van der Waals surface area contributed by atoms with Crippen molar-refractivity contribution in [3.8, 4) is 0 Å². The van der Waals surface area contributed by atoms with Gasteiger partial charge >= 0.3 is 0 Å². The third-order valence-electron chi connectivity index (χ3n) is 8.15. The lowest BCUT2D eigenvalue weighted by atomic mass is 9.46. The molecule has 5 nitrogen and oxygen atoms in total. The van der Waals surface area contributed by atoms with E-state index in [2.05, 4.69) is 6.92 Å². The fourth-order valence-corrected chi connectivity index (χ4v) is 6.74. The lowest BCUT2D eigenvalue weighted by Crippen LogP contribution is -2.60. The van der Waals surface area contributed by atoms with Crippen LogP contribution in [0.15, 0.2) is 23.8 Å². The van der Waals surface area contributed by atoms with Gasteiger partial charge in [0.15, 0.2) is 11.6 Å². The minimum absolute atomic E-state index is 0.00516. The fourth-order valence-electron chi connectivity index (χ4n) is 6.74. The van der Waals surface area contributed by atoms with Crippen LogP contribution in [0.5, 0.6) is 0 Å². The Morgan fingerprint density at radius 2 is 2.04 bits per heavy atom. The van der Waals surface area contributed by atoms with E-state index in [1.165, 1.54) is 7.11 Å². The molecule has 0 aliphatic heterocycles. The first-order chi connectivity index (χ1) is 12.7. The minimum Gasteiger partial charge on any atom is -0.381 e. The van der Waals surface area contributed by atoms with E-state index in [0.29, 0.717) is 6.42 Å². The minimum atomic E-state index is -1.50. The smallest absolute Gasteiger partial charge is 0.190 e. The van der Waals surface area contributed by atoms with Crippen molar-refractivity contribution in [2.24, 2.45) is 28.6 Å². The van der Waals surface area contributed by atoms with Gasteiger partial charge in [-0.1, -0.05) is 25.5 Å². The van der Waals surface area contributed by atoms with Crippen LogP contribution in [-0.4, -0.2) is 41.8 Å². The fraction of sp³-hybridized carbons (Fsp3) is 0.682. The maximum absolute atomic E-state index is 13.4. The Morgan fingerprint density at radius 1 is 1.30 bits per heavy atom. The summed E-state index contributed by atoms with van der Waals surface area (Å²) in [4.78, 5) is 37.9. The molecule has 0 radical (unpaired) electrons. The standard InChI is InChI=1S/C22H28O5/c1-20-8-6-14(23)10-13(20)4-5-15-16-7-9-22(26,18(25)12-27-3)21(16,2)11-17(24)19(15)20/h6,8,10,15-16,19,26H,4-5,7,9,11-12H2,1-3H3/t15-,16-,19+,20-,21-,22-/m0/s1. The van der Waals surface area contributed by atoms with Crippen molar-refractivity contribution >= 4 is 17.3 Å². The molecule has 3 fully saturated rings. The van der Waals surface area contributed by atoms with Gasteiger partial charge in [-0.15, -0.1) is 0 Å². The molecule has 146 valence electrons. The average molecular weight is 372 g/mol. The van der Waals surface area contributed by atoms with Gasteiger partial charge in [-0.2, -0.15) is 0 Å². The van der Waals surface area contributed by atoms with E-state index in [9.17, 15) is 19.5 Å². The number of rotatable bonds is 3. The molecular weight excluding hydrogens is 344 g/mol. The van der Waals surface area contributed by atoms with Gasteiger partial charge in [-0.3, -0.25) is 14.4 Å². The maximum atomic E-state index is 13.4. The zero-order chi connectivity index (χ0) is 19.6. The van der Waals surface area contributed by atoms with Crippen molar-refractivity contribution in [2.75, 3.05) is 13.7 Å². The highest BCUT2D eigenvalue weighted by atomic mass is 16.5. The number of methoxy groups -OCH3 is 1. The van der Waals surface area contributed by atoms with Gasteiger partial charge < -0.3 is 9.84 Å². The molecule has 27 heavy (non-hydrogen) atoms. The summed E-state index contributed by atoms with van der Waals surface area (Å²) in [6.45, 7) is 3.85. The van der Waals surface area contributed by atoms with E-state index in [-0.39, 0.29) is 48.1 Å². The molecule has 4 aliphatic carbocycles. The Kier molecular flexibility index (Phi) is 4.13. The molecule has 4 aliphatic rings. The van der Waals surface area contributed by atoms with Crippen LogP contribution in [0.4, 0.5) is 0 Å². The Labute approximate surface area is 159 Å². The monoisotopic (exact) mass is 372 g/mol. The summed E-state index contributed by atoms with van der Waals surface area (Å²) in [7, 11) is 1.45. The van der Waals surface area contributed by atoms with Crippen LogP contribution < -0.4 is 0 Å². The van der Waals surface area contributed by atoms with Gasteiger partial charge in [0.2, 0.25) is 0 Å². The lowest BCUT2D eigenvalue weighted by molar-refractivity contribution is -0.169. The van der Waals surface area contributed by atoms with Crippen LogP contribution in [0.25, 0.3) is 0 Å². The summed E-state index contributed by atoms with van der Waals surface area (Å²) in [5.41, 5.74) is -1.61. The molecule has 0 amide bonds. The van der Waals surface area contributed by atoms with Crippen molar-refractivity contribution in [3.63, 3.8) is 0 Å². The predicted molar refractivity (Wildman–Crippen MR) is 98.8 cm³/mol. The summed E-state index contributed by atoms with van der Waals surface area (Å²) >= 11 is 0. The van der Waals surface area contributed by atoms with Crippen LogP contribution in [0.1, 0.15) is 46.0 Å². The normalized spacial score (nSPS) is 45.8.